The van der Waals surface area contributed by atoms with Gasteiger partial charge in [-0.15, -0.1) is 0 Å². The fraction of sp³-hybridized carbons (Fsp3) is 0.455. The van der Waals surface area contributed by atoms with Crippen LogP contribution in [0.4, 0.5) is 0 Å². The summed E-state index contributed by atoms with van der Waals surface area (Å²) >= 11 is 0. The van der Waals surface area contributed by atoms with Gasteiger partial charge in [-0.25, -0.2) is 0 Å². The Bertz CT molecular complexity index is 715. The predicted molar refractivity (Wildman–Crippen MR) is 109 cm³/mol. The smallest absolute Gasteiger partial charge is 0.161 e. The highest BCUT2D eigenvalue weighted by Crippen LogP contribution is 2.35. The van der Waals surface area contributed by atoms with Gasteiger partial charge >= 0.3 is 0 Å². The van der Waals surface area contributed by atoms with Crippen molar-refractivity contribution >= 4 is 0 Å². The molecule has 1 fully saturated rings. The summed E-state index contributed by atoms with van der Waals surface area (Å²) in [7, 11) is 3.35. The third kappa shape index (κ3) is 5.01. The van der Waals surface area contributed by atoms with E-state index in [4.69, 9.17) is 14.2 Å². The second-order valence-electron chi connectivity index (χ2n) is 6.86. The van der Waals surface area contributed by atoms with Crippen molar-refractivity contribution in [3.8, 4) is 22.6 Å². The molecule has 0 aliphatic carbocycles. The van der Waals surface area contributed by atoms with Crippen LogP contribution in [0.1, 0.15) is 12.5 Å². The fourth-order valence-corrected chi connectivity index (χ4v) is 3.52. The van der Waals surface area contributed by atoms with Gasteiger partial charge in [0.25, 0.3) is 0 Å². The van der Waals surface area contributed by atoms with Gasteiger partial charge in [0.05, 0.1) is 27.4 Å². The van der Waals surface area contributed by atoms with E-state index in [1.807, 2.05) is 6.07 Å². The summed E-state index contributed by atoms with van der Waals surface area (Å²) in [6.45, 7) is 7.66. The molecule has 0 aromatic heterocycles. The predicted octanol–water partition coefficient (Wildman–Crippen LogP) is 3.18. The molecule has 0 amide bonds. The lowest BCUT2D eigenvalue weighted by atomic mass is 9.98. The second-order valence-corrected chi connectivity index (χ2v) is 6.86. The van der Waals surface area contributed by atoms with Crippen LogP contribution in [0.2, 0.25) is 0 Å². The highest BCUT2D eigenvalue weighted by Gasteiger charge is 2.17. The Morgan fingerprint density at radius 3 is 2.37 bits per heavy atom. The van der Waals surface area contributed by atoms with E-state index in [0.717, 1.165) is 50.9 Å². The SMILES string of the molecule is COc1cc(CNCC(C)N2CCOCC2)c(-c2ccccc2)cc1OC. The summed E-state index contributed by atoms with van der Waals surface area (Å²) in [6.07, 6.45) is 0. The van der Waals surface area contributed by atoms with E-state index in [0.29, 0.717) is 6.04 Å². The van der Waals surface area contributed by atoms with Gasteiger partial charge in [-0.05, 0) is 35.7 Å². The number of nitrogens with zero attached hydrogens (tertiary/aromatic N) is 1. The normalized spacial score (nSPS) is 16.1. The van der Waals surface area contributed by atoms with Crippen molar-refractivity contribution in [2.45, 2.75) is 19.5 Å². The van der Waals surface area contributed by atoms with Crippen molar-refractivity contribution in [1.82, 2.24) is 10.2 Å². The first kappa shape index (κ1) is 19.7. The molecule has 0 bridgehead atoms. The van der Waals surface area contributed by atoms with Crippen molar-refractivity contribution < 1.29 is 14.2 Å². The molecule has 1 aliphatic rings. The van der Waals surface area contributed by atoms with Gasteiger partial charge < -0.3 is 19.5 Å². The Balaban J connectivity index is 1.74. The molecular weight excluding hydrogens is 340 g/mol. The number of hydrogen-bond donors (Lipinski definition) is 1. The molecule has 5 nitrogen and oxygen atoms in total. The Morgan fingerprint density at radius 1 is 1.04 bits per heavy atom. The molecule has 1 saturated heterocycles. The van der Waals surface area contributed by atoms with E-state index in [9.17, 15) is 0 Å². The molecular formula is C22H30N2O3. The number of morpholine rings is 1. The standard InChI is InChI=1S/C22H30N2O3/c1-17(24-9-11-27-12-10-24)15-23-16-19-13-21(25-2)22(26-3)14-20(19)18-7-5-4-6-8-18/h4-8,13-14,17,23H,9-12,15-16H2,1-3H3. The van der Waals surface area contributed by atoms with Crippen molar-refractivity contribution in [3.63, 3.8) is 0 Å². The lowest BCUT2D eigenvalue weighted by Crippen LogP contribution is -2.46. The van der Waals surface area contributed by atoms with Gasteiger partial charge in [-0.2, -0.15) is 0 Å². The van der Waals surface area contributed by atoms with Gasteiger partial charge in [-0.1, -0.05) is 30.3 Å². The summed E-state index contributed by atoms with van der Waals surface area (Å²) < 4.78 is 16.5. The number of ether oxygens (including phenoxy) is 3. The molecule has 1 atom stereocenters. The Hall–Kier alpha value is -2.08. The lowest BCUT2D eigenvalue weighted by molar-refractivity contribution is 0.0203. The lowest BCUT2D eigenvalue weighted by Gasteiger charge is -2.32. The van der Waals surface area contributed by atoms with Crippen LogP contribution in [0, 0.1) is 0 Å². The van der Waals surface area contributed by atoms with Gasteiger partial charge in [0, 0.05) is 32.2 Å². The zero-order valence-electron chi connectivity index (χ0n) is 16.5. The molecule has 0 saturated carbocycles. The van der Waals surface area contributed by atoms with Crippen LogP contribution in [0.25, 0.3) is 11.1 Å². The molecule has 2 aromatic carbocycles. The average molecular weight is 370 g/mol. The maximum atomic E-state index is 5.52. The van der Waals surface area contributed by atoms with Crippen LogP contribution in [0.5, 0.6) is 11.5 Å². The average Bonchev–Trinajstić information content (AvgIpc) is 2.74. The highest BCUT2D eigenvalue weighted by molar-refractivity contribution is 5.71. The largest absolute Gasteiger partial charge is 0.493 e. The second kappa shape index (κ2) is 9.74. The zero-order chi connectivity index (χ0) is 19.1. The minimum atomic E-state index is 0.481. The molecule has 146 valence electrons. The van der Waals surface area contributed by atoms with Crippen molar-refractivity contribution in [3.05, 3.63) is 48.0 Å². The number of hydrogen-bond acceptors (Lipinski definition) is 5. The van der Waals surface area contributed by atoms with E-state index >= 15 is 0 Å². The van der Waals surface area contributed by atoms with Crippen LogP contribution in [-0.2, 0) is 11.3 Å². The molecule has 27 heavy (non-hydrogen) atoms. The van der Waals surface area contributed by atoms with Gasteiger partial charge in [0.1, 0.15) is 0 Å². The maximum Gasteiger partial charge on any atom is 0.161 e. The summed E-state index contributed by atoms with van der Waals surface area (Å²) in [5.41, 5.74) is 3.55. The summed E-state index contributed by atoms with van der Waals surface area (Å²) in [6, 6.07) is 15.0. The first-order valence-electron chi connectivity index (χ1n) is 9.55. The molecule has 1 aliphatic heterocycles. The monoisotopic (exact) mass is 370 g/mol. The minimum Gasteiger partial charge on any atom is -0.493 e. The van der Waals surface area contributed by atoms with Gasteiger partial charge in [-0.3, -0.25) is 4.90 Å². The summed E-state index contributed by atoms with van der Waals surface area (Å²) in [5, 5.41) is 3.62. The first-order valence-corrected chi connectivity index (χ1v) is 9.55. The molecule has 0 radical (unpaired) electrons. The highest BCUT2D eigenvalue weighted by atomic mass is 16.5. The molecule has 1 unspecified atom stereocenters. The van der Waals surface area contributed by atoms with Crippen molar-refractivity contribution in [1.29, 1.82) is 0 Å². The molecule has 2 aromatic rings. The summed E-state index contributed by atoms with van der Waals surface area (Å²) in [5.74, 6) is 1.51. The van der Waals surface area contributed by atoms with Crippen LogP contribution in [0.3, 0.4) is 0 Å². The summed E-state index contributed by atoms with van der Waals surface area (Å²) in [4.78, 5) is 2.48. The van der Waals surface area contributed by atoms with Crippen LogP contribution in [0.15, 0.2) is 42.5 Å². The van der Waals surface area contributed by atoms with Crippen molar-refractivity contribution in [2.75, 3.05) is 47.1 Å². The molecule has 1 N–H and O–H groups in total. The third-order valence-corrected chi connectivity index (χ3v) is 5.12. The van der Waals surface area contributed by atoms with Crippen LogP contribution in [-0.4, -0.2) is 58.0 Å². The number of methoxy groups -OCH3 is 2. The number of benzene rings is 2. The quantitative estimate of drug-likeness (QED) is 0.773. The Kier molecular flexibility index (Phi) is 7.10. The van der Waals surface area contributed by atoms with Gasteiger partial charge in [0.15, 0.2) is 11.5 Å². The van der Waals surface area contributed by atoms with E-state index in [2.05, 4.69) is 53.5 Å². The molecule has 1 heterocycles. The van der Waals surface area contributed by atoms with E-state index in [1.165, 1.54) is 16.7 Å². The zero-order valence-corrected chi connectivity index (χ0v) is 16.5. The third-order valence-electron chi connectivity index (χ3n) is 5.12. The molecule has 0 spiro atoms. The van der Waals surface area contributed by atoms with Crippen LogP contribution < -0.4 is 14.8 Å². The number of rotatable bonds is 8. The topological polar surface area (TPSA) is 43.0 Å². The first-order chi connectivity index (χ1) is 13.2. The fourth-order valence-electron chi connectivity index (χ4n) is 3.52. The van der Waals surface area contributed by atoms with Gasteiger partial charge in [0.2, 0.25) is 0 Å². The maximum absolute atomic E-state index is 5.52. The number of nitrogens with one attached hydrogen (secondary N) is 1. The minimum absolute atomic E-state index is 0.481. The van der Waals surface area contributed by atoms with E-state index < -0.39 is 0 Å². The molecule has 3 rings (SSSR count). The van der Waals surface area contributed by atoms with E-state index in [1.54, 1.807) is 14.2 Å². The van der Waals surface area contributed by atoms with E-state index in [-0.39, 0.29) is 0 Å². The van der Waals surface area contributed by atoms with Crippen molar-refractivity contribution in [2.24, 2.45) is 0 Å². The molecule has 5 heteroatoms. The Labute approximate surface area is 162 Å². The van der Waals surface area contributed by atoms with Crippen LogP contribution >= 0.6 is 0 Å². The Morgan fingerprint density at radius 2 is 1.70 bits per heavy atom.